The lowest BCUT2D eigenvalue weighted by Crippen LogP contribution is -2.49. The van der Waals surface area contributed by atoms with Crippen molar-refractivity contribution in [2.45, 2.75) is 19.3 Å². The molecule has 0 N–H and O–H groups in total. The normalized spacial score (nSPS) is 27.3. The van der Waals surface area contributed by atoms with Gasteiger partial charge in [0.05, 0.1) is 0 Å². The average molecular weight is 190 g/mol. The van der Waals surface area contributed by atoms with Crippen LogP contribution in [0.25, 0.3) is 0 Å². The second-order valence-corrected chi connectivity index (χ2v) is 5.29. The van der Waals surface area contributed by atoms with E-state index in [1.54, 1.807) is 8.61 Å². The zero-order valence-corrected chi connectivity index (χ0v) is 7.89. The summed E-state index contributed by atoms with van der Waals surface area (Å²) in [6.45, 7) is 2.88. The Hall–Kier alpha value is -0.130. The zero-order chi connectivity index (χ0) is 8.60. The van der Waals surface area contributed by atoms with Crippen molar-refractivity contribution in [2.24, 2.45) is 0 Å². The quantitative estimate of drug-likeness (QED) is 0.616. The van der Waals surface area contributed by atoms with Crippen LogP contribution in [0.4, 0.5) is 0 Å². The summed E-state index contributed by atoms with van der Waals surface area (Å²) < 4.78 is 26.5. The van der Waals surface area contributed by atoms with E-state index in [-0.39, 0.29) is 0 Å². The predicted molar refractivity (Wildman–Crippen MR) is 45.9 cm³/mol. The van der Waals surface area contributed by atoms with E-state index in [2.05, 4.69) is 0 Å². The molecule has 70 valence electrons. The van der Waals surface area contributed by atoms with E-state index in [1.165, 1.54) is 0 Å². The van der Waals surface area contributed by atoms with Crippen molar-refractivity contribution in [3.8, 4) is 0 Å². The third-order valence-electron chi connectivity index (χ3n) is 2.53. The number of hydrogen-bond donors (Lipinski definition) is 0. The van der Waals surface area contributed by atoms with Gasteiger partial charge in [-0.05, 0) is 19.3 Å². The molecule has 2 saturated heterocycles. The Morgan fingerprint density at radius 3 is 1.50 bits per heavy atom. The molecule has 0 radical (unpaired) electrons. The van der Waals surface area contributed by atoms with Crippen LogP contribution in [0.5, 0.6) is 0 Å². The molecule has 0 aromatic heterocycles. The molecule has 0 spiro atoms. The molecule has 0 saturated carbocycles. The number of hydrogen-bond acceptors (Lipinski definition) is 2. The first-order chi connectivity index (χ1) is 5.71. The Morgan fingerprint density at radius 2 is 1.17 bits per heavy atom. The van der Waals surface area contributed by atoms with Crippen LogP contribution < -0.4 is 0 Å². The van der Waals surface area contributed by atoms with Gasteiger partial charge in [0.1, 0.15) is 0 Å². The fourth-order valence-electron chi connectivity index (χ4n) is 1.60. The fraction of sp³-hybridized carbons (Fsp3) is 1.00. The summed E-state index contributed by atoms with van der Waals surface area (Å²) in [5.74, 6) is 0. The molecule has 0 aromatic rings. The van der Waals surface area contributed by atoms with Gasteiger partial charge in [-0.3, -0.25) is 0 Å². The first-order valence-corrected chi connectivity index (χ1v) is 5.86. The maximum Gasteiger partial charge on any atom is 0.281 e. The molecule has 2 fully saturated rings. The van der Waals surface area contributed by atoms with Crippen LogP contribution in [-0.4, -0.2) is 43.2 Å². The van der Waals surface area contributed by atoms with Crippen LogP contribution >= 0.6 is 0 Å². The van der Waals surface area contributed by atoms with Gasteiger partial charge in [0.15, 0.2) is 0 Å². The van der Waals surface area contributed by atoms with Crippen molar-refractivity contribution in [1.29, 1.82) is 0 Å². The topological polar surface area (TPSA) is 40.6 Å². The zero-order valence-electron chi connectivity index (χ0n) is 7.07. The van der Waals surface area contributed by atoms with E-state index in [4.69, 9.17) is 0 Å². The van der Waals surface area contributed by atoms with Crippen molar-refractivity contribution in [3.63, 3.8) is 0 Å². The van der Waals surface area contributed by atoms with E-state index in [1.807, 2.05) is 0 Å². The van der Waals surface area contributed by atoms with Gasteiger partial charge in [-0.15, -0.1) is 0 Å². The van der Waals surface area contributed by atoms with Gasteiger partial charge in [0.2, 0.25) is 0 Å². The van der Waals surface area contributed by atoms with Crippen LogP contribution in [0.3, 0.4) is 0 Å². The molecular weight excluding hydrogens is 176 g/mol. The summed E-state index contributed by atoms with van der Waals surface area (Å²) >= 11 is 0. The van der Waals surface area contributed by atoms with Crippen LogP contribution in [0.1, 0.15) is 19.3 Å². The van der Waals surface area contributed by atoms with Crippen LogP contribution in [0.2, 0.25) is 0 Å². The van der Waals surface area contributed by atoms with Crippen molar-refractivity contribution in [3.05, 3.63) is 0 Å². The van der Waals surface area contributed by atoms with Crippen LogP contribution in [0, 0.1) is 0 Å². The summed E-state index contributed by atoms with van der Waals surface area (Å²) in [5, 5.41) is 0. The van der Waals surface area contributed by atoms with Gasteiger partial charge in [-0.1, -0.05) is 0 Å². The molecule has 0 aromatic carbocycles. The monoisotopic (exact) mass is 190 g/mol. The summed E-state index contributed by atoms with van der Waals surface area (Å²) in [6, 6.07) is 0. The molecule has 2 rings (SSSR count). The Bertz CT molecular complexity index is 253. The Balaban J connectivity index is 2.08. The Kier molecular flexibility index (Phi) is 2.10. The second kappa shape index (κ2) is 2.97. The average Bonchev–Trinajstić information content (AvgIpc) is 2.30. The smallest absolute Gasteiger partial charge is 0.195 e. The number of rotatable bonds is 2. The summed E-state index contributed by atoms with van der Waals surface area (Å²) in [7, 11) is -3.04. The molecule has 0 unspecified atom stereocenters. The molecular formula is C7H14N2O2S. The van der Waals surface area contributed by atoms with Gasteiger partial charge in [-0.25, -0.2) is 0 Å². The van der Waals surface area contributed by atoms with E-state index < -0.39 is 10.2 Å². The lowest BCUT2D eigenvalue weighted by atomic mass is 10.3. The Labute approximate surface area is 73.3 Å². The predicted octanol–water partition coefficient (Wildman–Crippen LogP) is 0.0327. The molecule has 12 heavy (non-hydrogen) atoms. The van der Waals surface area contributed by atoms with Crippen molar-refractivity contribution in [2.75, 3.05) is 26.2 Å². The van der Waals surface area contributed by atoms with Crippen molar-refractivity contribution in [1.82, 2.24) is 8.61 Å². The molecule has 2 aliphatic heterocycles. The third-order valence-corrected chi connectivity index (χ3v) is 4.57. The van der Waals surface area contributed by atoms with Gasteiger partial charge in [0.25, 0.3) is 10.2 Å². The van der Waals surface area contributed by atoms with Crippen molar-refractivity contribution >= 4 is 10.2 Å². The summed E-state index contributed by atoms with van der Waals surface area (Å²) in [5.41, 5.74) is 0. The molecule has 2 aliphatic rings. The van der Waals surface area contributed by atoms with Gasteiger partial charge in [0, 0.05) is 26.2 Å². The third kappa shape index (κ3) is 1.26. The van der Waals surface area contributed by atoms with Gasteiger partial charge in [-0.2, -0.15) is 17.0 Å². The molecule has 2 heterocycles. The van der Waals surface area contributed by atoms with E-state index in [0.29, 0.717) is 0 Å². The highest BCUT2D eigenvalue weighted by molar-refractivity contribution is 7.86. The first-order valence-electron chi connectivity index (χ1n) is 4.46. The minimum absolute atomic E-state index is 0.721. The second-order valence-electron chi connectivity index (χ2n) is 3.37. The molecule has 5 heteroatoms. The highest BCUT2D eigenvalue weighted by atomic mass is 32.2. The SMILES string of the molecule is O=S(=O)(N1CCCC1)N1CCC1. The van der Waals surface area contributed by atoms with E-state index in [0.717, 1.165) is 45.4 Å². The van der Waals surface area contributed by atoms with Crippen LogP contribution in [-0.2, 0) is 10.2 Å². The van der Waals surface area contributed by atoms with Gasteiger partial charge < -0.3 is 0 Å². The molecule has 4 nitrogen and oxygen atoms in total. The first kappa shape index (κ1) is 8.47. The largest absolute Gasteiger partial charge is 0.281 e. The molecule has 0 amide bonds. The van der Waals surface area contributed by atoms with Crippen LogP contribution in [0.15, 0.2) is 0 Å². The van der Waals surface area contributed by atoms with E-state index >= 15 is 0 Å². The van der Waals surface area contributed by atoms with Crippen molar-refractivity contribution < 1.29 is 8.42 Å². The minimum atomic E-state index is -3.04. The van der Waals surface area contributed by atoms with E-state index in [9.17, 15) is 8.42 Å². The van der Waals surface area contributed by atoms with Gasteiger partial charge >= 0.3 is 0 Å². The summed E-state index contributed by atoms with van der Waals surface area (Å²) in [4.78, 5) is 0. The standard InChI is InChI=1S/C7H14N2O2S/c10-12(11,9-6-3-7-9)8-4-1-2-5-8/h1-7H2. The highest BCUT2D eigenvalue weighted by Gasteiger charge is 2.34. The Morgan fingerprint density at radius 1 is 0.750 bits per heavy atom. The minimum Gasteiger partial charge on any atom is -0.195 e. The lowest BCUT2D eigenvalue weighted by Gasteiger charge is -2.33. The summed E-state index contributed by atoms with van der Waals surface area (Å²) in [6.07, 6.45) is 3.06. The number of nitrogens with zero attached hydrogens (tertiary/aromatic N) is 2. The molecule has 0 bridgehead atoms. The fourth-order valence-corrected chi connectivity index (χ4v) is 3.37. The maximum absolute atomic E-state index is 11.7. The maximum atomic E-state index is 11.7. The molecule has 0 atom stereocenters. The molecule has 0 aliphatic carbocycles. The lowest BCUT2D eigenvalue weighted by molar-refractivity contribution is 0.282. The highest BCUT2D eigenvalue weighted by Crippen LogP contribution is 2.20.